The van der Waals surface area contributed by atoms with Crippen LogP contribution in [0.25, 0.3) is 0 Å². The molecule has 6 heteroatoms. The fourth-order valence-electron chi connectivity index (χ4n) is 1.06. The van der Waals surface area contributed by atoms with Gasteiger partial charge in [0, 0.05) is 0 Å². The third kappa shape index (κ3) is 153. The molecule has 0 radical (unpaired) electrons. The Morgan fingerprint density at radius 3 is 0.667 bits per heavy atom. The van der Waals surface area contributed by atoms with Gasteiger partial charge in [-0.3, -0.25) is 0 Å². The fourth-order valence-corrected chi connectivity index (χ4v) is 1.06. The van der Waals surface area contributed by atoms with Crippen molar-refractivity contribution < 1.29 is 19.2 Å². The molecule has 0 unspecified atom stereocenters. The van der Waals surface area contributed by atoms with Gasteiger partial charge in [0.25, 0.3) is 0 Å². The van der Waals surface area contributed by atoms with Gasteiger partial charge in [0.1, 0.15) is 0 Å². The molecule has 0 saturated carbocycles. The molecule has 0 aromatic rings. The maximum absolute atomic E-state index is 8.88. The van der Waals surface area contributed by atoms with Gasteiger partial charge >= 0.3 is 37.4 Å². The van der Waals surface area contributed by atoms with Gasteiger partial charge in [0.05, 0.1) is 0 Å². The number of hydrogen-bond acceptors (Lipinski definition) is 1. The molecule has 21 heavy (non-hydrogen) atoms. The fraction of sp³-hybridized carbons (Fsp3) is 1.00. The zero-order valence-electron chi connectivity index (χ0n) is 14.6. The standard InChI is InChI=1S/3C5H12.Na.H3O4P.H/c3*1-3-5-4-2;;1-5(2,3)4;/h3*3-5H2,1-2H3;;(H3,1,2,3,4);. The Balaban J connectivity index is -0.0000000533. The third-order valence-corrected chi connectivity index (χ3v) is 2.12. The molecule has 0 heterocycles. The van der Waals surface area contributed by atoms with Crippen molar-refractivity contribution >= 4 is 37.4 Å². The van der Waals surface area contributed by atoms with E-state index in [4.69, 9.17) is 19.2 Å². The predicted octanol–water partition coefficient (Wildman–Crippen LogP) is 5.01. The minimum atomic E-state index is -4.64. The number of unbranched alkanes of at least 4 members (excludes halogenated alkanes) is 6. The van der Waals surface area contributed by atoms with E-state index >= 15 is 0 Å². The molecule has 0 rings (SSSR count). The zero-order valence-corrected chi connectivity index (χ0v) is 15.5. The summed E-state index contributed by atoms with van der Waals surface area (Å²) in [6.07, 6.45) is 12.2. The quantitative estimate of drug-likeness (QED) is 0.470. The van der Waals surface area contributed by atoms with Crippen molar-refractivity contribution in [2.75, 3.05) is 0 Å². The summed E-state index contributed by atoms with van der Waals surface area (Å²) < 4.78 is 8.88. The maximum atomic E-state index is 8.88. The molecule has 0 bridgehead atoms. The second-order valence-corrected chi connectivity index (χ2v) is 5.60. The van der Waals surface area contributed by atoms with Crippen LogP contribution in [0.1, 0.15) is 99.3 Å². The summed E-state index contributed by atoms with van der Waals surface area (Å²) in [4.78, 5) is 21.6. The van der Waals surface area contributed by atoms with Crippen LogP contribution < -0.4 is 0 Å². The van der Waals surface area contributed by atoms with E-state index in [0.717, 1.165) is 0 Å². The Morgan fingerprint density at radius 1 is 0.571 bits per heavy atom. The Kier molecular flexibility index (Phi) is 52.7. The molecule has 0 aromatic heterocycles. The molecule has 0 atom stereocenters. The SMILES string of the molecule is CCCCC.CCCCC.CCCCC.O=P(O)(O)O.[NaH]. The zero-order chi connectivity index (χ0) is 16.9. The van der Waals surface area contributed by atoms with Crippen molar-refractivity contribution in [3.63, 3.8) is 0 Å². The number of phosphoric acid groups is 1. The average molecular weight is 338 g/mol. The van der Waals surface area contributed by atoms with Crippen LogP contribution in [0.4, 0.5) is 0 Å². The summed E-state index contributed by atoms with van der Waals surface area (Å²) in [7, 11) is -4.64. The van der Waals surface area contributed by atoms with Crippen molar-refractivity contribution in [2.45, 2.75) is 99.3 Å². The molecule has 0 aromatic carbocycles. The molecule has 0 aliphatic heterocycles. The van der Waals surface area contributed by atoms with Gasteiger partial charge in [-0.05, 0) is 0 Å². The van der Waals surface area contributed by atoms with Gasteiger partial charge in [0.15, 0.2) is 0 Å². The molecule has 0 fully saturated rings. The third-order valence-electron chi connectivity index (χ3n) is 2.12. The van der Waals surface area contributed by atoms with Gasteiger partial charge in [-0.15, -0.1) is 0 Å². The van der Waals surface area contributed by atoms with Gasteiger partial charge in [0.2, 0.25) is 0 Å². The molecule has 3 N–H and O–H groups in total. The molecule has 130 valence electrons. The minimum absolute atomic E-state index is 0. The van der Waals surface area contributed by atoms with E-state index in [9.17, 15) is 0 Å². The van der Waals surface area contributed by atoms with Crippen LogP contribution in [0.3, 0.4) is 0 Å². The number of rotatable bonds is 6. The molecule has 0 saturated heterocycles. The van der Waals surface area contributed by atoms with Crippen LogP contribution in [0, 0.1) is 0 Å². The van der Waals surface area contributed by atoms with Crippen molar-refractivity contribution in [3.05, 3.63) is 0 Å². The second kappa shape index (κ2) is 32.9. The Bertz CT molecular complexity index is 147. The summed E-state index contributed by atoms with van der Waals surface area (Å²) in [5, 5.41) is 0. The van der Waals surface area contributed by atoms with E-state index in [1.165, 1.54) is 57.8 Å². The second-order valence-electron chi connectivity index (χ2n) is 4.57. The first-order valence-corrected chi connectivity index (χ1v) is 9.59. The molecule has 0 spiro atoms. The monoisotopic (exact) mass is 338 g/mol. The van der Waals surface area contributed by atoms with Crippen molar-refractivity contribution in [2.24, 2.45) is 0 Å². The molecule has 4 nitrogen and oxygen atoms in total. The van der Waals surface area contributed by atoms with E-state index in [-0.39, 0.29) is 29.6 Å². The van der Waals surface area contributed by atoms with Crippen molar-refractivity contribution in [1.29, 1.82) is 0 Å². The van der Waals surface area contributed by atoms with Crippen LogP contribution in [-0.4, -0.2) is 44.2 Å². The Hall–Kier alpha value is 1.11. The summed E-state index contributed by atoms with van der Waals surface area (Å²) in [6.45, 7) is 13.3. The van der Waals surface area contributed by atoms with Crippen LogP contribution in [0.15, 0.2) is 0 Å². The van der Waals surface area contributed by atoms with E-state index in [2.05, 4.69) is 41.5 Å². The van der Waals surface area contributed by atoms with Crippen LogP contribution in [0.2, 0.25) is 0 Å². The number of hydrogen-bond donors (Lipinski definition) is 3. The van der Waals surface area contributed by atoms with Gasteiger partial charge < -0.3 is 14.7 Å². The van der Waals surface area contributed by atoms with E-state index in [0.29, 0.717) is 0 Å². The van der Waals surface area contributed by atoms with E-state index < -0.39 is 7.82 Å². The average Bonchev–Trinajstić information content (AvgIpc) is 2.31. The molecule has 0 aliphatic rings. The van der Waals surface area contributed by atoms with E-state index in [1.54, 1.807) is 0 Å². The van der Waals surface area contributed by atoms with Crippen LogP contribution in [-0.2, 0) is 4.57 Å². The first-order chi connectivity index (χ1) is 9.24. The summed E-state index contributed by atoms with van der Waals surface area (Å²) in [6, 6.07) is 0. The van der Waals surface area contributed by atoms with Gasteiger partial charge in [-0.2, -0.15) is 0 Å². The molecular weight excluding hydrogens is 298 g/mol. The van der Waals surface area contributed by atoms with Gasteiger partial charge in [-0.25, -0.2) is 4.57 Å². The summed E-state index contributed by atoms with van der Waals surface area (Å²) in [5.74, 6) is 0. The molecule has 0 aliphatic carbocycles. The molecular formula is C15H40NaO4P. The summed E-state index contributed by atoms with van der Waals surface area (Å²) >= 11 is 0. The topological polar surface area (TPSA) is 77.8 Å². The first kappa shape index (κ1) is 33.7. The van der Waals surface area contributed by atoms with E-state index in [1.807, 2.05) is 0 Å². The first-order valence-electron chi connectivity index (χ1n) is 8.03. The normalized spacial score (nSPS) is 8.81. The van der Waals surface area contributed by atoms with Crippen molar-refractivity contribution in [3.8, 4) is 0 Å². The Morgan fingerprint density at radius 2 is 0.667 bits per heavy atom. The Labute approximate surface area is 155 Å². The van der Waals surface area contributed by atoms with Crippen LogP contribution >= 0.6 is 7.82 Å². The van der Waals surface area contributed by atoms with Crippen LogP contribution in [0.5, 0.6) is 0 Å². The van der Waals surface area contributed by atoms with Gasteiger partial charge in [-0.1, -0.05) is 99.3 Å². The summed E-state index contributed by atoms with van der Waals surface area (Å²) in [5.41, 5.74) is 0. The predicted molar refractivity (Wildman–Crippen MR) is 97.0 cm³/mol. The van der Waals surface area contributed by atoms with Crippen molar-refractivity contribution in [1.82, 2.24) is 0 Å². The molecule has 0 amide bonds.